The van der Waals surface area contributed by atoms with E-state index < -0.39 is 0 Å². The van der Waals surface area contributed by atoms with Crippen molar-refractivity contribution in [1.29, 1.82) is 0 Å². The molecule has 1 fully saturated rings. The molecule has 3 amide bonds. The molecule has 9 nitrogen and oxygen atoms in total. The summed E-state index contributed by atoms with van der Waals surface area (Å²) in [6.07, 6.45) is 2.35. The van der Waals surface area contributed by atoms with Gasteiger partial charge in [-0.15, -0.1) is 0 Å². The highest BCUT2D eigenvalue weighted by molar-refractivity contribution is 6.14. The van der Waals surface area contributed by atoms with Crippen molar-refractivity contribution in [2.45, 2.75) is 19.3 Å². The fraction of sp³-hybridized carbons (Fsp3) is 0.423. The summed E-state index contributed by atoms with van der Waals surface area (Å²) in [4.78, 5) is 27.4. The van der Waals surface area contributed by atoms with Gasteiger partial charge in [0, 0.05) is 29.8 Å². The minimum Gasteiger partial charge on any atom is -0.493 e. The molecule has 0 atom stereocenters. The fourth-order valence-electron chi connectivity index (χ4n) is 4.52. The van der Waals surface area contributed by atoms with E-state index in [1.54, 1.807) is 21.3 Å². The Bertz CT molecular complexity index is 1110. The second-order valence-corrected chi connectivity index (χ2v) is 8.89. The van der Waals surface area contributed by atoms with E-state index >= 15 is 0 Å². The van der Waals surface area contributed by atoms with Gasteiger partial charge < -0.3 is 25.0 Å². The molecule has 0 bridgehead atoms. The Hall–Kier alpha value is -3.59. The first-order valence-corrected chi connectivity index (χ1v) is 11.9. The molecule has 0 saturated carbocycles. The Labute approximate surface area is 206 Å². The number of carbonyl (C=O) groups excluding carboxylic acids is 2. The van der Waals surface area contributed by atoms with E-state index in [4.69, 9.17) is 14.6 Å². The molecule has 2 aliphatic heterocycles. The number of piperidine rings is 1. The summed E-state index contributed by atoms with van der Waals surface area (Å²) in [5.41, 5.74) is 4.09. The molecule has 0 unspecified atom stereocenters. The Balaban J connectivity index is 1.63. The zero-order chi connectivity index (χ0) is 24.9. The van der Waals surface area contributed by atoms with Crippen molar-refractivity contribution in [3.8, 4) is 11.5 Å². The smallest absolute Gasteiger partial charge is 0.337 e. The number of nitrogens with zero attached hydrogens (tertiary/aromatic N) is 3. The first kappa shape index (κ1) is 24.5. The van der Waals surface area contributed by atoms with Gasteiger partial charge in [0.1, 0.15) is 0 Å². The molecule has 9 heteroatoms. The third-order valence-corrected chi connectivity index (χ3v) is 6.64. The van der Waals surface area contributed by atoms with Crippen LogP contribution in [0.3, 0.4) is 0 Å². The van der Waals surface area contributed by atoms with Gasteiger partial charge in [0.15, 0.2) is 11.5 Å². The van der Waals surface area contributed by atoms with Crippen LogP contribution >= 0.6 is 0 Å². The van der Waals surface area contributed by atoms with Crippen LogP contribution in [-0.4, -0.2) is 75.5 Å². The highest BCUT2D eigenvalue weighted by Crippen LogP contribution is 2.33. The highest BCUT2D eigenvalue weighted by Gasteiger charge is 2.25. The summed E-state index contributed by atoms with van der Waals surface area (Å²) < 4.78 is 11.0. The standard InChI is InChI=1S/C26H33N5O4/c1-27-26(33)31-14-11-19-15-22(34-3)23(35-4)16-21(19)24(29-31)17-5-7-20(8-6-17)28-25(32)18-9-12-30(2)13-10-18/h5-8,15-16,18H,9-14H2,1-4H3,(H,27,33)(H,28,32). The molecule has 2 aromatic carbocycles. The number of hydrazone groups is 1. The van der Waals surface area contributed by atoms with Crippen molar-refractivity contribution in [2.75, 3.05) is 53.3 Å². The van der Waals surface area contributed by atoms with E-state index in [0.717, 1.165) is 48.3 Å². The quantitative estimate of drug-likeness (QED) is 0.688. The van der Waals surface area contributed by atoms with Gasteiger partial charge in [0.2, 0.25) is 5.91 Å². The van der Waals surface area contributed by atoms with E-state index in [-0.39, 0.29) is 17.9 Å². The van der Waals surface area contributed by atoms with E-state index in [1.807, 2.05) is 36.4 Å². The Morgan fingerprint density at radius 1 is 1.00 bits per heavy atom. The lowest BCUT2D eigenvalue weighted by Gasteiger charge is -2.28. The number of urea groups is 1. The molecule has 0 spiro atoms. The lowest BCUT2D eigenvalue weighted by molar-refractivity contribution is -0.121. The maximum atomic E-state index is 12.7. The summed E-state index contributed by atoms with van der Waals surface area (Å²) in [6, 6.07) is 11.1. The summed E-state index contributed by atoms with van der Waals surface area (Å²) in [6.45, 7) is 2.30. The van der Waals surface area contributed by atoms with E-state index in [2.05, 4.69) is 22.6 Å². The van der Waals surface area contributed by atoms with Crippen molar-refractivity contribution in [3.63, 3.8) is 0 Å². The van der Waals surface area contributed by atoms with E-state index in [1.165, 1.54) is 5.01 Å². The number of methoxy groups -OCH3 is 2. The first-order valence-electron chi connectivity index (χ1n) is 11.9. The minimum atomic E-state index is -0.281. The average Bonchev–Trinajstić information content (AvgIpc) is 3.07. The molecule has 1 saturated heterocycles. The molecule has 0 aromatic heterocycles. The Morgan fingerprint density at radius 2 is 1.66 bits per heavy atom. The van der Waals surface area contributed by atoms with Crippen LogP contribution in [0.5, 0.6) is 11.5 Å². The second-order valence-electron chi connectivity index (χ2n) is 8.89. The lowest BCUT2D eigenvalue weighted by atomic mass is 9.95. The number of hydrogen-bond acceptors (Lipinski definition) is 6. The van der Waals surface area contributed by atoms with Gasteiger partial charge >= 0.3 is 6.03 Å². The summed E-state index contributed by atoms with van der Waals surface area (Å²) in [5, 5.41) is 11.8. The van der Waals surface area contributed by atoms with Gasteiger partial charge in [0.05, 0.1) is 26.5 Å². The SMILES string of the molecule is CNC(=O)N1CCc2cc(OC)c(OC)cc2C(c2ccc(NC(=O)C3CCN(C)CC3)cc2)=N1. The van der Waals surface area contributed by atoms with Gasteiger partial charge in [-0.25, -0.2) is 9.80 Å². The Morgan fingerprint density at radius 3 is 2.29 bits per heavy atom. The molecule has 0 radical (unpaired) electrons. The first-order chi connectivity index (χ1) is 16.9. The summed E-state index contributed by atoms with van der Waals surface area (Å²) >= 11 is 0. The molecule has 2 heterocycles. The molecular weight excluding hydrogens is 446 g/mol. The van der Waals surface area contributed by atoms with Crippen LogP contribution in [0.1, 0.15) is 29.5 Å². The van der Waals surface area contributed by atoms with E-state index in [0.29, 0.717) is 30.2 Å². The van der Waals surface area contributed by atoms with Gasteiger partial charge in [-0.1, -0.05) is 12.1 Å². The average molecular weight is 480 g/mol. The molecule has 35 heavy (non-hydrogen) atoms. The number of benzene rings is 2. The van der Waals surface area contributed by atoms with Gasteiger partial charge in [-0.3, -0.25) is 4.79 Å². The zero-order valence-electron chi connectivity index (χ0n) is 20.8. The normalized spacial score (nSPS) is 16.6. The monoisotopic (exact) mass is 479 g/mol. The van der Waals surface area contributed by atoms with Gasteiger partial charge in [-0.2, -0.15) is 5.10 Å². The van der Waals surface area contributed by atoms with Crippen LogP contribution in [0.25, 0.3) is 0 Å². The number of anilines is 1. The van der Waals surface area contributed by atoms with Crippen molar-refractivity contribution in [3.05, 3.63) is 53.1 Å². The maximum Gasteiger partial charge on any atom is 0.337 e. The highest BCUT2D eigenvalue weighted by atomic mass is 16.5. The summed E-state index contributed by atoms with van der Waals surface area (Å²) in [7, 11) is 6.86. The van der Waals surface area contributed by atoms with Crippen molar-refractivity contribution in [1.82, 2.24) is 15.2 Å². The molecule has 2 N–H and O–H groups in total. The summed E-state index contributed by atoms with van der Waals surface area (Å²) in [5.74, 6) is 1.32. The predicted octanol–water partition coefficient (Wildman–Crippen LogP) is 2.93. The van der Waals surface area contributed by atoms with Crippen LogP contribution in [-0.2, 0) is 11.2 Å². The van der Waals surface area contributed by atoms with Crippen LogP contribution < -0.4 is 20.1 Å². The molecular formula is C26H33N5O4. The van der Waals surface area contributed by atoms with Crippen LogP contribution in [0.15, 0.2) is 41.5 Å². The topological polar surface area (TPSA) is 95.5 Å². The number of amides is 3. The lowest BCUT2D eigenvalue weighted by Crippen LogP contribution is -2.36. The predicted molar refractivity (Wildman–Crippen MR) is 135 cm³/mol. The second kappa shape index (κ2) is 10.8. The number of likely N-dealkylation sites (tertiary alicyclic amines) is 1. The van der Waals surface area contributed by atoms with Crippen molar-refractivity contribution >= 4 is 23.3 Å². The molecule has 186 valence electrons. The number of fused-ring (bicyclic) bond motifs is 1. The largest absolute Gasteiger partial charge is 0.493 e. The van der Waals surface area contributed by atoms with Crippen molar-refractivity contribution < 1.29 is 19.1 Å². The zero-order valence-corrected chi connectivity index (χ0v) is 20.8. The van der Waals surface area contributed by atoms with Gasteiger partial charge in [0.25, 0.3) is 0 Å². The number of ether oxygens (including phenoxy) is 2. The fourth-order valence-corrected chi connectivity index (χ4v) is 4.52. The van der Waals surface area contributed by atoms with Gasteiger partial charge in [-0.05, 0) is 69.2 Å². The Kier molecular flexibility index (Phi) is 7.55. The third-order valence-electron chi connectivity index (χ3n) is 6.64. The maximum absolute atomic E-state index is 12.7. The molecule has 0 aliphatic carbocycles. The van der Waals surface area contributed by atoms with Crippen LogP contribution in [0.4, 0.5) is 10.5 Å². The molecule has 2 aromatic rings. The van der Waals surface area contributed by atoms with Crippen LogP contribution in [0.2, 0.25) is 0 Å². The van der Waals surface area contributed by atoms with E-state index in [9.17, 15) is 9.59 Å². The third kappa shape index (κ3) is 5.40. The molecule has 4 rings (SSSR count). The minimum absolute atomic E-state index is 0.0348. The number of rotatable bonds is 5. The number of carbonyl (C=O) groups is 2. The van der Waals surface area contributed by atoms with Crippen LogP contribution in [0, 0.1) is 5.92 Å². The molecule has 2 aliphatic rings. The van der Waals surface area contributed by atoms with Crippen molar-refractivity contribution in [2.24, 2.45) is 11.0 Å². The number of nitrogens with one attached hydrogen (secondary N) is 2. The number of hydrogen-bond donors (Lipinski definition) is 2.